The predicted molar refractivity (Wildman–Crippen MR) is 20.1 cm³/mol. The molecule has 40 valence electrons. The van der Waals surface area contributed by atoms with Crippen molar-refractivity contribution in [2.75, 3.05) is 6.61 Å². The summed E-state index contributed by atoms with van der Waals surface area (Å²) in [7, 11) is 0. The Morgan fingerprint density at radius 3 is 2.43 bits per heavy atom. The van der Waals surface area contributed by atoms with E-state index in [-0.39, 0.29) is 0 Å². The summed E-state index contributed by atoms with van der Waals surface area (Å²) in [6.07, 6.45) is 1.95. The minimum atomic E-state index is -0.556. The first-order chi connectivity index (χ1) is 3.41. The second kappa shape index (κ2) is 0.992. The summed E-state index contributed by atoms with van der Waals surface area (Å²) in [5.41, 5.74) is 0. The molecule has 3 nitrogen and oxygen atoms in total. The highest BCUT2D eigenvalue weighted by atomic mass is 17.5. The maximum Gasteiger partial charge on any atom is 0.340 e. The van der Waals surface area contributed by atoms with E-state index in [1.54, 1.807) is 0 Å². The van der Waals surface area contributed by atoms with Gasteiger partial charge < -0.3 is 4.74 Å². The zero-order valence-electron chi connectivity index (χ0n) is 3.85. The molecule has 7 heavy (non-hydrogen) atoms. The van der Waals surface area contributed by atoms with E-state index in [0.717, 1.165) is 19.4 Å². The Labute approximate surface area is 41.1 Å². The molecule has 0 aromatic heterocycles. The number of rotatable bonds is 0. The lowest BCUT2D eigenvalue weighted by molar-refractivity contribution is -0.00408. The molecule has 0 bridgehead atoms. The monoisotopic (exact) mass is 102 g/mol. The van der Waals surface area contributed by atoms with Crippen LogP contribution < -0.4 is 0 Å². The van der Waals surface area contributed by atoms with E-state index in [1.807, 2.05) is 0 Å². The fourth-order valence-electron chi connectivity index (χ4n) is 0.766. The van der Waals surface area contributed by atoms with Crippen LogP contribution in [0.2, 0.25) is 0 Å². The van der Waals surface area contributed by atoms with Crippen LogP contribution in [0.1, 0.15) is 12.8 Å². The molecule has 2 saturated heterocycles. The van der Waals surface area contributed by atoms with Crippen LogP contribution in [0, 0.1) is 0 Å². The first kappa shape index (κ1) is 3.83. The quantitative estimate of drug-likeness (QED) is 0.328. The van der Waals surface area contributed by atoms with E-state index in [0.29, 0.717) is 0 Å². The maximum absolute atomic E-state index is 5.01. The molecule has 0 aromatic carbocycles. The topological polar surface area (TPSA) is 34.3 Å². The summed E-state index contributed by atoms with van der Waals surface area (Å²) in [4.78, 5) is 9.07. The molecule has 2 fully saturated rings. The lowest BCUT2D eigenvalue weighted by Crippen LogP contribution is -2.04. The van der Waals surface area contributed by atoms with Crippen LogP contribution >= 0.6 is 0 Å². The third-order valence-corrected chi connectivity index (χ3v) is 1.22. The average molecular weight is 102 g/mol. The maximum atomic E-state index is 5.01. The zero-order valence-corrected chi connectivity index (χ0v) is 3.85. The number of hydrogen-bond acceptors (Lipinski definition) is 3. The summed E-state index contributed by atoms with van der Waals surface area (Å²) in [6, 6.07) is 0. The molecule has 0 unspecified atom stereocenters. The van der Waals surface area contributed by atoms with E-state index in [4.69, 9.17) is 4.74 Å². The third kappa shape index (κ3) is 0.459. The highest BCUT2D eigenvalue weighted by Gasteiger charge is 2.53. The lowest BCUT2D eigenvalue weighted by atomic mass is 10.3. The smallest absolute Gasteiger partial charge is 0.324 e. The molecule has 2 heterocycles. The summed E-state index contributed by atoms with van der Waals surface area (Å²) < 4.78 is 5.01. The van der Waals surface area contributed by atoms with Crippen molar-refractivity contribution in [3.8, 4) is 0 Å². The largest absolute Gasteiger partial charge is 0.340 e. The van der Waals surface area contributed by atoms with Gasteiger partial charge in [0.15, 0.2) is 0 Å². The van der Waals surface area contributed by atoms with Gasteiger partial charge in [-0.2, -0.15) is 9.78 Å². The van der Waals surface area contributed by atoms with Crippen LogP contribution in [-0.2, 0) is 14.5 Å². The van der Waals surface area contributed by atoms with Gasteiger partial charge in [-0.1, -0.05) is 0 Å². The first-order valence-electron chi connectivity index (χ1n) is 2.42. The fraction of sp³-hybridized carbons (Fsp3) is 1.00. The standard InChI is InChI=1S/C4H6O3/c1-2-4(5-3-1)6-7-4/h1-3H2. The molecule has 1 spiro atoms. The van der Waals surface area contributed by atoms with E-state index < -0.39 is 5.97 Å². The van der Waals surface area contributed by atoms with Gasteiger partial charge in [-0.25, -0.2) is 0 Å². The molecular weight excluding hydrogens is 96.0 g/mol. The zero-order chi connectivity index (χ0) is 4.74. The van der Waals surface area contributed by atoms with Crippen molar-refractivity contribution >= 4 is 0 Å². The first-order valence-corrected chi connectivity index (χ1v) is 2.42. The second-order valence-electron chi connectivity index (χ2n) is 1.80. The van der Waals surface area contributed by atoms with Gasteiger partial charge in [-0.05, 0) is 6.42 Å². The Morgan fingerprint density at radius 1 is 1.29 bits per heavy atom. The van der Waals surface area contributed by atoms with Gasteiger partial charge in [0.1, 0.15) is 0 Å². The van der Waals surface area contributed by atoms with Gasteiger partial charge in [0.25, 0.3) is 0 Å². The molecule has 0 aromatic rings. The molecule has 2 rings (SSSR count). The van der Waals surface area contributed by atoms with Crippen LogP contribution in [0.3, 0.4) is 0 Å². The summed E-state index contributed by atoms with van der Waals surface area (Å²) in [5, 5.41) is 0. The minimum Gasteiger partial charge on any atom is -0.324 e. The molecule has 0 radical (unpaired) electrons. The Kier molecular flexibility index (Phi) is 0.543. The van der Waals surface area contributed by atoms with Gasteiger partial charge >= 0.3 is 5.97 Å². The van der Waals surface area contributed by atoms with Crippen molar-refractivity contribution in [1.29, 1.82) is 0 Å². The molecular formula is C4H6O3. The third-order valence-electron chi connectivity index (χ3n) is 1.22. The Morgan fingerprint density at radius 2 is 2.14 bits per heavy atom. The van der Waals surface area contributed by atoms with E-state index in [9.17, 15) is 0 Å². The van der Waals surface area contributed by atoms with Gasteiger partial charge in [0.05, 0.1) is 6.61 Å². The van der Waals surface area contributed by atoms with Crippen molar-refractivity contribution in [3.63, 3.8) is 0 Å². The van der Waals surface area contributed by atoms with Crippen LogP contribution in [0.5, 0.6) is 0 Å². The lowest BCUT2D eigenvalue weighted by Gasteiger charge is -1.88. The van der Waals surface area contributed by atoms with Crippen molar-refractivity contribution in [3.05, 3.63) is 0 Å². The van der Waals surface area contributed by atoms with Gasteiger partial charge in [0.2, 0.25) is 0 Å². The molecule has 3 heteroatoms. The van der Waals surface area contributed by atoms with Crippen molar-refractivity contribution < 1.29 is 14.5 Å². The highest BCUT2D eigenvalue weighted by molar-refractivity contribution is 4.67. The molecule has 0 N–H and O–H groups in total. The average Bonchev–Trinajstić information content (AvgIpc) is 2.15. The molecule has 0 amide bonds. The van der Waals surface area contributed by atoms with Crippen molar-refractivity contribution in [2.45, 2.75) is 18.8 Å². The normalized spacial score (nSPS) is 34.3. The highest BCUT2D eigenvalue weighted by Crippen LogP contribution is 2.39. The van der Waals surface area contributed by atoms with Crippen LogP contribution in [0.4, 0.5) is 0 Å². The molecule has 0 aliphatic carbocycles. The second-order valence-corrected chi connectivity index (χ2v) is 1.80. The fourth-order valence-corrected chi connectivity index (χ4v) is 0.766. The van der Waals surface area contributed by atoms with E-state index in [1.165, 1.54) is 0 Å². The Hall–Kier alpha value is -0.120. The van der Waals surface area contributed by atoms with Gasteiger partial charge in [-0.15, -0.1) is 0 Å². The number of ether oxygens (including phenoxy) is 1. The molecule has 0 saturated carbocycles. The molecule has 0 atom stereocenters. The molecule has 2 aliphatic rings. The SMILES string of the molecule is C1COC2(C1)OO2. The van der Waals surface area contributed by atoms with Crippen LogP contribution in [-0.4, -0.2) is 12.6 Å². The Bertz CT molecular complexity index is 78.9. The van der Waals surface area contributed by atoms with Crippen molar-refractivity contribution in [1.82, 2.24) is 0 Å². The number of hydrogen-bond donors (Lipinski definition) is 0. The van der Waals surface area contributed by atoms with E-state index >= 15 is 0 Å². The molecule has 2 aliphatic heterocycles. The minimum absolute atomic E-state index is 0.556. The van der Waals surface area contributed by atoms with Crippen molar-refractivity contribution in [2.24, 2.45) is 0 Å². The predicted octanol–water partition coefficient (Wildman–Crippen LogP) is 0.412. The summed E-state index contributed by atoms with van der Waals surface area (Å²) >= 11 is 0. The van der Waals surface area contributed by atoms with E-state index in [2.05, 4.69) is 9.78 Å². The van der Waals surface area contributed by atoms with Crippen LogP contribution in [0.15, 0.2) is 0 Å². The summed E-state index contributed by atoms with van der Waals surface area (Å²) in [5.74, 6) is -0.556. The van der Waals surface area contributed by atoms with Gasteiger partial charge in [-0.3, -0.25) is 0 Å². The van der Waals surface area contributed by atoms with Crippen LogP contribution in [0.25, 0.3) is 0 Å². The summed E-state index contributed by atoms with van der Waals surface area (Å²) in [6.45, 7) is 0.778. The Balaban J connectivity index is 2.07. The van der Waals surface area contributed by atoms with Gasteiger partial charge in [0, 0.05) is 6.42 Å².